The molecule has 56 heavy (non-hydrogen) atoms. The molecular weight excluding hydrogens is 733 g/mol. The topological polar surface area (TPSA) is 172 Å². The van der Waals surface area contributed by atoms with Crippen molar-refractivity contribution >= 4 is 25.7 Å². The van der Waals surface area contributed by atoms with E-state index >= 15 is 0 Å². The van der Waals surface area contributed by atoms with Crippen LogP contribution in [0.25, 0.3) is 0 Å². The third kappa shape index (κ3) is 37.8. The number of carboxylic acids is 1. The van der Waals surface area contributed by atoms with Crippen LogP contribution in [0.4, 0.5) is 0 Å². The molecule has 0 saturated heterocycles. The molecule has 0 fully saturated rings. The number of allylic oxidation sites excluding steroid dienone is 12. The molecule has 0 aromatic carbocycles. The van der Waals surface area contributed by atoms with E-state index in [0.717, 1.165) is 96.3 Å². The Bertz CT molecular complexity index is 1230. The number of nitrogens with two attached hydrogens (primary N) is 1. The van der Waals surface area contributed by atoms with Gasteiger partial charge in [0.15, 0.2) is 6.10 Å². The number of hydrogen-bond donors (Lipinski definition) is 3. The summed E-state index contributed by atoms with van der Waals surface area (Å²) >= 11 is 0. The molecule has 320 valence electrons. The van der Waals surface area contributed by atoms with Gasteiger partial charge in [-0.2, -0.15) is 0 Å². The Kier molecular flexibility index (Phi) is 36.6. The zero-order valence-electron chi connectivity index (χ0n) is 34.4. The second-order valence-corrected chi connectivity index (χ2v) is 15.2. The largest absolute Gasteiger partial charge is 0.480 e. The SMILES string of the molecule is CC/C=C\C/C=C\C/C=C\C/C=C\CCCCCCC(=O)O[C@H](COC(=O)CCCCCCC/C=C\C/C=C\CCCCC)COP(=O)(O)OC[C@H](N)C(=O)O. The van der Waals surface area contributed by atoms with Gasteiger partial charge in [-0.15, -0.1) is 0 Å². The molecule has 1 unspecified atom stereocenters. The van der Waals surface area contributed by atoms with Crippen molar-refractivity contribution in [3.05, 3.63) is 72.9 Å². The van der Waals surface area contributed by atoms with Crippen molar-refractivity contribution in [3.8, 4) is 0 Å². The summed E-state index contributed by atoms with van der Waals surface area (Å²) in [5.41, 5.74) is 5.32. The maximum absolute atomic E-state index is 12.6. The summed E-state index contributed by atoms with van der Waals surface area (Å²) in [5, 5.41) is 8.88. The Hall–Kier alpha value is -3.08. The summed E-state index contributed by atoms with van der Waals surface area (Å²) in [6, 6.07) is -1.53. The van der Waals surface area contributed by atoms with Gasteiger partial charge in [0.05, 0.1) is 13.2 Å². The minimum atomic E-state index is -4.73. The van der Waals surface area contributed by atoms with Gasteiger partial charge in [-0.3, -0.25) is 23.4 Å². The van der Waals surface area contributed by atoms with Gasteiger partial charge in [-0.1, -0.05) is 132 Å². The molecule has 0 amide bonds. The number of carbonyl (C=O) groups is 3. The highest BCUT2D eigenvalue weighted by Crippen LogP contribution is 2.43. The number of ether oxygens (including phenoxy) is 2. The molecule has 3 atom stereocenters. The van der Waals surface area contributed by atoms with Gasteiger partial charge in [0.1, 0.15) is 12.6 Å². The Balaban J connectivity index is 4.48. The van der Waals surface area contributed by atoms with Crippen LogP contribution >= 0.6 is 7.82 Å². The van der Waals surface area contributed by atoms with Crippen LogP contribution in [0.1, 0.15) is 155 Å². The van der Waals surface area contributed by atoms with Crippen molar-refractivity contribution in [2.24, 2.45) is 5.73 Å². The molecule has 0 spiro atoms. The Morgan fingerprint density at radius 3 is 1.50 bits per heavy atom. The summed E-state index contributed by atoms with van der Waals surface area (Å²) in [5.74, 6) is -2.44. The maximum Gasteiger partial charge on any atom is 0.472 e. The third-order valence-electron chi connectivity index (χ3n) is 8.44. The molecule has 4 N–H and O–H groups in total. The van der Waals surface area contributed by atoms with Crippen LogP contribution in [0, 0.1) is 0 Å². The maximum atomic E-state index is 12.6. The van der Waals surface area contributed by atoms with Crippen LogP contribution in [-0.4, -0.2) is 59.9 Å². The van der Waals surface area contributed by atoms with Gasteiger partial charge in [0, 0.05) is 12.8 Å². The fourth-order valence-electron chi connectivity index (χ4n) is 5.14. The van der Waals surface area contributed by atoms with Gasteiger partial charge in [0.25, 0.3) is 0 Å². The quantitative estimate of drug-likeness (QED) is 0.0235. The first kappa shape index (κ1) is 52.9. The Morgan fingerprint density at radius 1 is 0.571 bits per heavy atom. The van der Waals surface area contributed by atoms with Crippen molar-refractivity contribution in [1.82, 2.24) is 0 Å². The molecule has 0 aromatic heterocycles. The van der Waals surface area contributed by atoms with E-state index < -0.39 is 51.1 Å². The van der Waals surface area contributed by atoms with Crippen LogP contribution in [0.15, 0.2) is 72.9 Å². The van der Waals surface area contributed by atoms with Gasteiger partial charge >= 0.3 is 25.7 Å². The summed E-state index contributed by atoms with van der Waals surface area (Å²) in [4.78, 5) is 45.9. The van der Waals surface area contributed by atoms with Crippen molar-refractivity contribution in [2.45, 2.75) is 167 Å². The summed E-state index contributed by atoms with van der Waals surface area (Å²) in [7, 11) is -4.73. The average molecular weight is 808 g/mol. The number of carbonyl (C=O) groups excluding carboxylic acids is 2. The van der Waals surface area contributed by atoms with Crippen LogP contribution in [0.3, 0.4) is 0 Å². The molecule has 12 heteroatoms. The zero-order valence-corrected chi connectivity index (χ0v) is 35.3. The zero-order chi connectivity index (χ0) is 41.4. The van der Waals surface area contributed by atoms with Crippen LogP contribution in [0.2, 0.25) is 0 Å². The van der Waals surface area contributed by atoms with Gasteiger partial charge in [0.2, 0.25) is 0 Å². The van der Waals surface area contributed by atoms with E-state index in [-0.39, 0.29) is 19.4 Å². The smallest absolute Gasteiger partial charge is 0.472 e. The second-order valence-electron chi connectivity index (χ2n) is 13.7. The van der Waals surface area contributed by atoms with E-state index in [9.17, 15) is 23.8 Å². The molecule has 0 aliphatic carbocycles. The van der Waals surface area contributed by atoms with Crippen molar-refractivity contribution < 1.29 is 47.5 Å². The number of phosphoric ester groups is 1. The molecule has 0 aromatic rings. The molecular formula is C44H74NO10P. The number of unbranched alkanes of at least 4 members (excludes halogenated alkanes) is 12. The third-order valence-corrected chi connectivity index (χ3v) is 9.39. The highest BCUT2D eigenvalue weighted by molar-refractivity contribution is 7.47. The van der Waals surface area contributed by atoms with E-state index in [0.29, 0.717) is 12.8 Å². The fraction of sp³-hybridized carbons (Fsp3) is 0.659. The minimum Gasteiger partial charge on any atom is -0.480 e. The molecule has 0 saturated carbocycles. The summed E-state index contributed by atoms with van der Waals surface area (Å²) in [6.07, 6.45) is 45.3. The van der Waals surface area contributed by atoms with Crippen LogP contribution < -0.4 is 5.73 Å². The number of carboxylic acid groups (broad SMARTS) is 1. The minimum absolute atomic E-state index is 0.126. The lowest BCUT2D eigenvalue weighted by atomic mass is 10.1. The Morgan fingerprint density at radius 2 is 1.00 bits per heavy atom. The summed E-state index contributed by atoms with van der Waals surface area (Å²) < 4.78 is 32.6. The standard InChI is InChI=1S/C44H74NO10P/c1-3-5-7-9-11-13-15-17-19-20-22-24-26-28-30-32-34-36-43(47)55-40(38-53-56(50,51)54-39-41(45)44(48)49)37-52-42(46)35-33-31-29-27-25-23-21-18-16-14-12-10-8-6-4-2/h5,7,11-14,17-19,21-22,24,40-41H,3-4,6,8-10,15-16,20,23,25-39,45H2,1-2H3,(H,48,49)(H,50,51)/b7-5-,13-11-,14-12-,19-17-,21-18-,24-22-/t40-,41+/m1/s1. The molecule has 11 nitrogen and oxygen atoms in total. The Labute approximate surface area is 338 Å². The molecule has 0 radical (unpaired) electrons. The highest BCUT2D eigenvalue weighted by atomic mass is 31.2. The number of rotatable bonds is 38. The van der Waals surface area contributed by atoms with Crippen LogP contribution in [-0.2, 0) is 37.5 Å². The molecule has 0 bridgehead atoms. The first-order chi connectivity index (χ1) is 27.1. The van der Waals surface area contributed by atoms with E-state index in [1.165, 1.54) is 19.3 Å². The average Bonchev–Trinajstić information content (AvgIpc) is 3.17. The normalized spacial score (nSPS) is 14.5. The lowest BCUT2D eigenvalue weighted by Crippen LogP contribution is -2.34. The number of phosphoric acid groups is 1. The second kappa shape index (κ2) is 38.8. The number of esters is 2. The van der Waals surface area contributed by atoms with E-state index in [4.69, 9.17) is 24.8 Å². The predicted octanol–water partition coefficient (Wildman–Crippen LogP) is 10.9. The van der Waals surface area contributed by atoms with Gasteiger partial charge in [-0.25, -0.2) is 4.57 Å². The van der Waals surface area contributed by atoms with E-state index in [1.807, 2.05) is 0 Å². The molecule has 0 aliphatic heterocycles. The summed E-state index contributed by atoms with van der Waals surface area (Å²) in [6.45, 7) is 2.60. The first-order valence-corrected chi connectivity index (χ1v) is 22.5. The van der Waals surface area contributed by atoms with Gasteiger partial charge < -0.3 is 25.2 Å². The van der Waals surface area contributed by atoms with E-state index in [1.54, 1.807) is 0 Å². The first-order valence-electron chi connectivity index (χ1n) is 21.0. The van der Waals surface area contributed by atoms with Crippen molar-refractivity contribution in [3.63, 3.8) is 0 Å². The highest BCUT2D eigenvalue weighted by Gasteiger charge is 2.28. The molecule has 0 aliphatic rings. The molecule has 0 rings (SSSR count). The monoisotopic (exact) mass is 808 g/mol. The van der Waals surface area contributed by atoms with Crippen molar-refractivity contribution in [2.75, 3.05) is 19.8 Å². The lowest BCUT2D eigenvalue weighted by molar-refractivity contribution is -0.161. The van der Waals surface area contributed by atoms with E-state index in [2.05, 4.69) is 91.3 Å². The predicted molar refractivity (Wildman–Crippen MR) is 226 cm³/mol. The number of aliphatic carboxylic acids is 1. The van der Waals surface area contributed by atoms with Crippen molar-refractivity contribution in [1.29, 1.82) is 0 Å². The van der Waals surface area contributed by atoms with Crippen LogP contribution in [0.5, 0.6) is 0 Å². The van der Waals surface area contributed by atoms with Gasteiger partial charge in [-0.05, 0) is 83.5 Å². The number of hydrogen-bond acceptors (Lipinski definition) is 9. The lowest BCUT2D eigenvalue weighted by Gasteiger charge is -2.20. The molecule has 0 heterocycles. The fourth-order valence-corrected chi connectivity index (χ4v) is 5.92.